The molecule has 4 nitrogen and oxygen atoms in total. The van der Waals surface area contributed by atoms with Crippen LogP contribution in [0.4, 0.5) is 0 Å². The van der Waals surface area contributed by atoms with E-state index in [-0.39, 0.29) is 21.9 Å². The van der Waals surface area contributed by atoms with E-state index in [2.05, 4.69) is 11.9 Å². The number of nitrogens with one attached hydrogen (secondary N) is 1. The van der Waals surface area contributed by atoms with Crippen molar-refractivity contribution in [1.29, 1.82) is 0 Å². The molecule has 0 bridgehead atoms. The number of hydrogen-bond donors (Lipinski definition) is 1. The maximum Gasteiger partial charge on any atom is 0.256 e. The van der Waals surface area contributed by atoms with E-state index in [1.165, 1.54) is 0 Å². The van der Waals surface area contributed by atoms with Crippen LogP contribution in [0.25, 0.3) is 0 Å². The Morgan fingerprint density at radius 3 is 2.90 bits per heavy atom. The first-order valence-electron chi connectivity index (χ1n) is 6.95. The Labute approximate surface area is 128 Å². The highest BCUT2D eigenvalue weighted by molar-refractivity contribution is 8.01. The predicted octanol–water partition coefficient (Wildman–Crippen LogP) is 2.34. The fourth-order valence-electron chi connectivity index (χ4n) is 3.07. The predicted molar refractivity (Wildman–Crippen MR) is 84.0 cm³/mol. The van der Waals surface area contributed by atoms with Crippen molar-refractivity contribution < 1.29 is 9.59 Å². The van der Waals surface area contributed by atoms with Crippen LogP contribution in [-0.2, 0) is 4.79 Å². The van der Waals surface area contributed by atoms with Gasteiger partial charge in [0.15, 0.2) is 0 Å². The van der Waals surface area contributed by atoms with Crippen molar-refractivity contribution >= 4 is 23.6 Å². The van der Waals surface area contributed by atoms with Gasteiger partial charge in [-0.3, -0.25) is 9.59 Å². The minimum absolute atomic E-state index is 0.0487. The van der Waals surface area contributed by atoms with Gasteiger partial charge in [-0.1, -0.05) is 24.3 Å². The summed E-state index contributed by atoms with van der Waals surface area (Å²) in [6.45, 7) is 8.06. The van der Waals surface area contributed by atoms with Crippen molar-refractivity contribution in [3.8, 4) is 0 Å². The molecule has 0 aromatic heterocycles. The van der Waals surface area contributed by atoms with E-state index >= 15 is 0 Å². The van der Waals surface area contributed by atoms with E-state index in [0.29, 0.717) is 12.1 Å². The summed E-state index contributed by atoms with van der Waals surface area (Å²) >= 11 is 1.67. The lowest BCUT2D eigenvalue weighted by molar-refractivity contribution is -0.125. The maximum absolute atomic E-state index is 12.7. The quantitative estimate of drug-likeness (QED) is 0.872. The number of benzene rings is 1. The molecule has 0 spiro atoms. The molecule has 0 aliphatic carbocycles. The van der Waals surface area contributed by atoms with E-state index in [4.69, 9.17) is 0 Å². The summed E-state index contributed by atoms with van der Waals surface area (Å²) in [7, 11) is 0. The first-order valence-corrected chi connectivity index (χ1v) is 7.83. The summed E-state index contributed by atoms with van der Waals surface area (Å²) in [6.07, 6.45) is 1.64. The van der Waals surface area contributed by atoms with Gasteiger partial charge in [-0.2, -0.15) is 0 Å². The molecule has 1 fully saturated rings. The zero-order chi connectivity index (χ0) is 15.2. The fraction of sp³-hybridized carbons (Fsp3) is 0.375. The molecule has 3 rings (SSSR count). The molecule has 1 N–H and O–H groups in total. The average Bonchev–Trinajstić information content (AvgIpc) is 2.88. The Kier molecular flexibility index (Phi) is 3.32. The van der Waals surface area contributed by atoms with Gasteiger partial charge in [0.2, 0.25) is 5.91 Å². The van der Waals surface area contributed by atoms with Gasteiger partial charge in [-0.05, 0) is 25.5 Å². The second-order valence-corrected chi connectivity index (χ2v) is 7.54. The number of carbonyl (C=O) groups is 2. The third-order valence-electron chi connectivity index (χ3n) is 3.97. The fourth-order valence-corrected chi connectivity index (χ4v) is 4.66. The molecule has 2 heterocycles. The SMILES string of the molecule is C=CCNC(=O)C1N2C(=O)c3ccccc3C2SC1(C)C. The van der Waals surface area contributed by atoms with Gasteiger partial charge in [-0.25, -0.2) is 0 Å². The molecular weight excluding hydrogens is 284 g/mol. The first kappa shape index (κ1) is 14.2. The topological polar surface area (TPSA) is 49.4 Å². The Morgan fingerprint density at radius 2 is 2.19 bits per heavy atom. The van der Waals surface area contributed by atoms with E-state index in [1.54, 1.807) is 22.7 Å². The zero-order valence-electron chi connectivity index (χ0n) is 12.1. The second-order valence-electron chi connectivity index (χ2n) is 5.81. The lowest BCUT2D eigenvalue weighted by Gasteiger charge is -2.29. The van der Waals surface area contributed by atoms with Crippen molar-refractivity contribution in [3.05, 3.63) is 48.0 Å². The van der Waals surface area contributed by atoms with Crippen molar-refractivity contribution in [1.82, 2.24) is 10.2 Å². The van der Waals surface area contributed by atoms with Crippen LogP contribution >= 0.6 is 11.8 Å². The molecule has 1 aromatic carbocycles. The van der Waals surface area contributed by atoms with Gasteiger partial charge >= 0.3 is 0 Å². The Morgan fingerprint density at radius 1 is 1.48 bits per heavy atom. The number of rotatable bonds is 3. The zero-order valence-corrected chi connectivity index (χ0v) is 12.9. The van der Waals surface area contributed by atoms with Crippen molar-refractivity contribution in [2.45, 2.75) is 30.0 Å². The van der Waals surface area contributed by atoms with Crippen molar-refractivity contribution in [2.24, 2.45) is 0 Å². The molecule has 2 atom stereocenters. The highest BCUT2D eigenvalue weighted by Gasteiger charge is 2.57. The molecule has 1 saturated heterocycles. The van der Waals surface area contributed by atoms with E-state index in [1.807, 2.05) is 38.1 Å². The maximum atomic E-state index is 12.7. The minimum Gasteiger partial charge on any atom is -0.351 e. The van der Waals surface area contributed by atoms with Crippen molar-refractivity contribution in [2.75, 3.05) is 6.54 Å². The number of carbonyl (C=O) groups excluding carboxylic acids is 2. The second kappa shape index (κ2) is 4.91. The first-order chi connectivity index (χ1) is 9.97. The van der Waals surface area contributed by atoms with Crippen molar-refractivity contribution in [3.63, 3.8) is 0 Å². The summed E-state index contributed by atoms with van der Waals surface area (Å²) in [4.78, 5) is 26.9. The molecule has 2 aliphatic rings. The third kappa shape index (κ3) is 2.07. The highest BCUT2D eigenvalue weighted by atomic mass is 32.2. The molecular formula is C16H18N2O2S. The normalized spacial score (nSPS) is 25.4. The molecule has 2 aliphatic heterocycles. The lowest BCUT2D eigenvalue weighted by Crippen LogP contribution is -2.52. The van der Waals surface area contributed by atoms with Gasteiger partial charge in [0, 0.05) is 16.9 Å². The Bertz CT molecular complexity index is 626. The van der Waals surface area contributed by atoms with E-state index in [0.717, 1.165) is 5.56 Å². The van der Waals surface area contributed by atoms with E-state index < -0.39 is 6.04 Å². The Balaban J connectivity index is 1.98. The molecule has 21 heavy (non-hydrogen) atoms. The number of nitrogens with zero attached hydrogens (tertiary/aromatic N) is 1. The van der Waals surface area contributed by atoms with Crippen LogP contribution in [0.3, 0.4) is 0 Å². The lowest BCUT2D eigenvalue weighted by atomic mass is 10.0. The highest BCUT2D eigenvalue weighted by Crippen LogP contribution is 2.56. The van der Waals surface area contributed by atoms with Crippen LogP contribution in [0, 0.1) is 0 Å². The van der Waals surface area contributed by atoms with Gasteiger partial charge in [-0.15, -0.1) is 18.3 Å². The largest absolute Gasteiger partial charge is 0.351 e. The summed E-state index contributed by atoms with van der Waals surface area (Å²) < 4.78 is -0.320. The van der Waals surface area contributed by atoms with Gasteiger partial charge in [0.1, 0.15) is 11.4 Å². The summed E-state index contributed by atoms with van der Waals surface area (Å²) in [5, 5.41) is 2.76. The third-order valence-corrected chi connectivity index (χ3v) is 5.50. The minimum atomic E-state index is -0.465. The summed E-state index contributed by atoms with van der Waals surface area (Å²) in [5.74, 6) is -0.163. The number of amides is 2. The molecule has 2 unspecified atom stereocenters. The van der Waals surface area contributed by atoms with Crippen LogP contribution in [0.1, 0.15) is 35.1 Å². The van der Waals surface area contributed by atoms with Crippen LogP contribution < -0.4 is 5.32 Å². The molecule has 0 saturated carbocycles. The van der Waals surface area contributed by atoms with E-state index in [9.17, 15) is 9.59 Å². The Hall–Kier alpha value is -1.75. The van der Waals surface area contributed by atoms with Crippen LogP contribution in [0.2, 0.25) is 0 Å². The smallest absolute Gasteiger partial charge is 0.256 e. The van der Waals surface area contributed by atoms with Crippen LogP contribution in [0.15, 0.2) is 36.9 Å². The molecule has 110 valence electrons. The van der Waals surface area contributed by atoms with Crippen LogP contribution in [-0.4, -0.2) is 34.0 Å². The van der Waals surface area contributed by atoms with Gasteiger partial charge in [0.25, 0.3) is 5.91 Å². The summed E-state index contributed by atoms with van der Waals surface area (Å²) in [6, 6.07) is 7.15. The summed E-state index contributed by atoms with van der Waals surface area (Å²) in [5.41, 5.74) is 1.73. The number of hydrogen-bond acceptors (Lipinski definition) is 3. The molecule has 5 heteroatoms. The number of fused-ring (bicyclic) bond motifs is 3. The molecule has 0 radical (unpaired) electrons. The van der Waals surface area contributed by atoms with Crippen LogP contribution in [0.5, 0.6) is 0 Å². The average molecular weight is 302 g/mol. The standard InChI is InChI=1S/C16H18N2O2S/c1-4-9-17-13(19)12-16(2,3)21-15-11-8-6-5-7-10(11)14(20)18(12)15/h4-8,12,15H,1,9H2,2-3H3,(H,17,19). The molecule has 1 aromatic rings. The molecule has 2 amide bonds. The van der Waals surface area contributed by atoms with Gasteiger partial charge in [0.05, 0.1) is 0 Å². The van der Waals surface area contributed by atoms with Gasteiger partial charge < -0.3 is 10.2 Å². The number of thioether (sulfide) groups is 1. The monoisotopic (exact) mass is 302 g/mol.